The van der Waals surface area contributed by atoms with Gasteiger partial charge >= 0.3 is 0 Å². The molecule has 3 rings (SSSR count). The second kappa shape index (κ2) is 4.42. The van der Waals surface area contributed by atoms with Crippen LogP contribution in [0, 0.1) is 5.41 Å². The molecule has 1 aliphatic rings. The lowest BCUT2D eigenvalue weighted by atomic mass is 9.55. The van der Waals surface area contributed by atoms with Crippen molar-refractivity contribution in [3.63, 3.8) is 0 Å². The fourth-order valence-corrected chi connectivity index (χ4v) is 3.00. The maximum Gasteiger partial charge on any atom is 0.143 e. The van der Waals surface area contributed by atoms with Gasteiger partial charge in [0.05, 0.1) is 11.8 Å². The molecule has 3 unspecified atom stereocenters. The quantitative estimate of drug-likeness (QED) is 0.913. The van der Waals surface area contributed by atoms with Crippen LogP contribution in [0.2, 0.25) is 0 Å². The van der Waals surface area contributed by atoms with Crippen molar-refractivity contribution in [1.82, 2.24) is 20.2 Å². The van der Waals surface area contributed by atoms with Crippen LogP contribution in [0.3, 0.4) is 0 Å². The van der Waals surface area contributed by atoms with Gasteiger partial charge in [-0.2, -0.15) is 0 Å². The fraction of sp³-hybridized carbons (Fsp3) is 0.500. The molecular weight excluding hydrogens is 240 g/mol. The molecule has 5 heteroatoms. The highest BCUT2D eigenvalue weighted by Gasteiger charge is 2.49. The summed E-state index contributed by atoms with van der Waals surface area (Å²) in [5.74, 6) is 0.406. The van der Waals surface area contributed by atoms with Crippen LogP contribution >= 0.6 is 0 Å². The van der Waals surface area contributed by atoms with Gasteiger partial charge < -0.3 is 5.11 Å². The number of rotatable bonds is 3. The average Bonchev–Trinajstić information content (AvgIpc) is 2.98. The molecular formula is C14H18N4O. The average molecular weight is 258 g/mol. The predicted molar refractivity (Wildman–Crippen MR) is 70.9 cm³/mol. The van der Waals surface area contributed by atoms with E-state index in [-0.39, 0.29) is 11.5 Å². The van der Waals surface area contributed by atoms with Crippen LogP contribution < -0.4 is 0 Å². The maximum absolute atomic E-state index is 10.0. The molecule has 5 nitrogen and oxygen atoms in total. The Kier molecular flexibility index (Phi) is 2.86. The first-order chi connectivity index (χ1) is 9.15. The molecule has 3 atom stereocenters. The van der Waals surface area contributed by atoms with E-state index in [1.165, 1.54) is 5.56 Å². The van der Waals surface area contributed by atoms with Crippen LogP contribution in [0.5, 0.6) is 0 Å². The standard InChI is InChI=1S/C14H18N4O/c1-3-14(2)12(8-13(14)19)10-5-4-6-11(7-10)18-9-15-16-17-18/h4-7,9,12-13,19H,3,8H2,1-2H3. The molecule has 19 heavy (non-hydrogen) atoms. The van der Waals surface area contributed by atoms with Crippen molar-refractivity contribution < 1.29 is 5.11 Å². The first kappa shape index (κ1) is 12.3. The number of tetrazole rings is 1. The number of benzene rings is 1. The third-order valence-corrected chi connectivity index (χ3v) is 4.66. The Bertz CT molecular complexity index is 569. The summed E-state index contributed by atoms with van der Waals surface area (Å²) in [6.07, 6.45) is 3.21. The second-order valence-corrected chi connectivity index (χ2v) is 5.51. The Labute approximate surface area is 112 Å². The van der Waals surface area contributed by atoms with Crippen molar-refractivity contribution >= 4 is 0 Å². The normalized spacial score (nSPS) is 30.1. The van der Waals surface area contributed by atoms with Crippen molar-refractivity contribution in [2.75, 3.05) is 0 Å². The summed E-state index contributed by atoms with van der Waals surface area (Å²) in [7, 11) is 0. The zero-order valence-corrected chi connectivity index (χ0v) is 11.2. The summed E-state index contributed by atoms with van der Waals surface area (Å²) in [4.78, 5) is 0. The monoisotopic (exact) mass is 258 g/mol. The predicted octanol–water partition coefficient (Wildman–Crippen LogP) is 1.93. The first-order valence-corrected chi connectivity index (χ1v) is 6.66. The van der Waals surface area contributed by atoms with E-state index in [0.29, 0.717) is 5.92 Å². The van der Waals surface area contributed by atoms with Crippen LogP contribution in [0.15, 0.2) is 30.6 Å². The summed E-state index contributed by atoms with van der Waals surface area (Å²) < 4.78 is 1.65. The molecule has 0 aliphatic heterocycles. The number of hydrogen-bond acceptors (Lipinski definition) is 4. The smallest absolute Gasteiger partial charge is 0.143 e. The summed E-state index contributed by atoms with van der Waals surface area (Å²) in [5.41, 5.74) is 2.20. The van der Waals surface area contributed by atoms with Crippen molar-refractivity contribution in [2.45, 2.75) is 38.7 Å². The molecule has 0 saturated heterocycles. The van der Waals surface area contributed by atoms with Crippen LogP contribution in [-0.2, 0) is 0 Å². The van der Waals surface area contributed by atoms with E-state index in [2.05, 4.69) is 41.5 Å². The van der Waals surface area contributed by atoms with E-state index >= 15 is 0 Å². The Morgan fingerprint density at radius 1 is 1.47 bits per heavy atom. The summed E-state index contributed by atoms with van der Waals surface area (Å²) in [6, 6.07) is 8.24. The maximum atomic E-state index is 10.0. The van der Waals surface area contributed by atoms with E-state index in [1.54, 1.807) is 11.0 Å². The molecule has 1 N–H and O–H groups in total. The summed E-state index contributed by atoms with van der Waals surface area (Å²) in [6.45, 7) is 4.30. The van der Waals surface area contributed by atoms with Gasteiger partial charge in [-0.15, -0.1) is 5.10 Å². The van der Waals surface area contributed by atoms with Crippen molar-refractivity contribution in [3.8, 4) is 5.69 Å². The molecule has 1 saturated carbocycles. The molecule has 1 heterocycles. The summed E-state index contributed by atoms with van der Waals surface area (Å²) in [5, 5.41) is 21.2. The lowest BCUT2D eigenvalue weighted by molar-refractivity contribution is -0.0777. The lowest BCUT2D eigenvalue weighted by Crippen LogP contribution is -2.49. The van der Waals surface area contributed by atoms with Gasteiger partial charge in [0, 0.05) is 5.41 Å². The molecule has 0 spiro atoms. The highest BCUT2D eigenvalue weighted by molar-refractivity contribution is 5.38. The van der Waals surface area contributed by atoms with Gasteiger partial charge in [0.2, 0.25) is 0 Å². The van der Waals surface area contributed by atoms with Gasteiger partial charge in [-0.1, -0.05) is 26.0 Å². The van der Waals surface area contributed by atoms with Gasteiger partial charge in [-0.3, -0.25) is 0 Å². The van der Waals surface area contributed by atoms with Gasteiger partial charge in [0.25, 0.3) is 0 Å². The van der Waals surface area contributed by atoms with E-state index in [4.69, 9.17) is 0 Å². The van der Waals surface area contributed by atoms with E-state index in [1.807, 2.05) is 12.1 Å². The lowest BCUT2D eigenvalue weighted by Gasteiger charge is -2.51. The van der Waals surface area contributed by atoms with Crippen LogP contribution in [0.4, 0.5) is 0 Å². The van der Waals surface area contributed by atoms with Crippen molar-refractivity contribution in [3.05, 3.63) is 36.2 Å². The molecule has 100 valence electrons. The van der Waals surface area contributed by atoms with Gasteiger partial charge in [0.1, 0.15) is 6.33 Å². The second-order valence-electron chi connectivity index (χ2n) is 5.51. The minimum absolute atomic E-state index is 0.0146. The molecule has 0 amide bonds. The van der Waals surface area contributed by atoms with Crippen LogP contribution in [0.1, 0.15) is 38.2 Å². The minimum Gasteiger partial charge on any atom is -0.393 e. The topological polar surface area (TPSA) is 63.8 Å². The van der Waals surface area contributed by atoms with Crippen LogP contribution in [0.25, 0.3) is 5.69 Å². The third kappa shape index (κ3) is 1.85. The zero-order valence-electron chi connectivity index (χ0n) is 11.2. The van der Waals surface area contributed by atoms with Gasteiger partial charge in [0.15, 0.2) is 0 Å². The minimum atomic E-state index is -0.195. The number of hydrogen-bond donors (Lipinski definition) is 1. The Hall–Kier alpha value is -1.75. The molecule has 0 bridgehead atoms. The zero-order chi connectivity index (χ0) is 13.5. The number of aliphatic hydroxyl groups is 1. The first-order valence-electron chi connectivity index (χ1n) is 6.66. The van der Waals surface area contributed by atoms with Crippen molar-refractivity contribution in [1.29, 1.82) is 0 Å². The van der Waals surface area contributed by atoms with E-state index in [0.717, 1.165) is 18.5 Å². The van der Waals surface area contributed by atoms with E-state index in [9.17, 15) is 5.11 Å². The van der Waals surface area contributed by atoms with Gasteiger partial charge in [-0.05, 0) is 46.9 Å². The van der Waals surface area contributed by atoms with E-state index < -0.39 is 0 Å². The van der Waals surface area contributed by atoms with Crippen LogP contribution in [-0.4, -0.2) is 31.4 Å². The Balaban J connectivity index is 1.93. The Morgan fingerprint density at radius 3 is 2.95 bits per heavy atom. The molecule has 1 aromatic carbocycles. The molecule has 2 aromatic rings. The molecule has 1 aromatic heterocycles. The fourth-order valence-electron chi connectivity index (χ4n) is 3.00. The highest BCUT2D eigenvalue weighted by atomic mass is 16.3. The molecule has 1 aliphatic carbocycles. The number of aromatic nitrogens is 4. The number of nitrogens with zero attached hydrogens (tertiary/aromatic N) is 4. The highest BCUT2D eigenvalue weighted by Crippen LogP contribution is 2.54. The third-order valence-electron chi connectivity index (χ3n) is 4.66. The molecule has 0 radical (unpaired) electrons. The largest absolute Gasteiger partial charge is 0.393 e. The molecule has 1 fully saturated rings. The Morgan fingerprint density at radius 2 is 2.32 bits per heavy atom. The summed E-state index contributed by atoms with van der Waals surface area (Å²) >= 11 is 0. The SMILES string of the molecule is CCC1(C)C(O)CC1c1cccc(-n2cnnn2)c1. The van der Waals surface area contributed by atoms with Gasteiger partial charge in [-0.25, -0.2) is 4.68 Å². The number of aliphatic hydroxyl groups excluding tert-OH is 1. The van der Waals surface area contributed by atoms with Crippen molar-refractivity contribution in [2.24, 2.45) is 5.41 Å².